The highest BCUT2D eigenvalue weighted by Crippen LogP contribution is 2.33. The zero-order valence-electron chi connectivity index (χ0n) is 18.0. The molecule has 0 heterocycles. The van der Waals surface area contributed by atoms with Gasteiger partial charge in [0, 0.05) is 19.3 Å². The van der Waals surface area contributed by atoms with Crippen LogP contribution < -0.4 is 0 Å². The first-order valence-corrected chi connectivity index (χ1v) is 12.2. The van der Waals surface area contributed by atoms with Crippen molar-refractivity contribution in [1.29, 1.82) is 0 Å². The Labute approximate surface area is 189 Å². The molecule has 0 amide bonds. The lowest BCUT2D eigenvalue weighted by Crippen LogP contribution is -2.14. The van der Waals surface area contributed by atoms with Crippen LogP contribution in [0.25, 0.3) is 0 Å². The van der Waals surface area contributed by atoms with Crippen LogP contribution in [0, 0.1) is 18.7 Å². The molecule has 0 spiro atoms. The molecule has 0 bridgehead atoms. The third-order valence-corrected chi connectivity index (χ3v) is 7.86. The van der Waals surface area contributed by atoms with Gasteiger partial charge in [-0.15, -0.1) is 0 Å². The minimum Gasteiger partial charge on any atom is -0.366 e. The smallest absolute Gasteiger partial charge is 0.141 e. The molecule has 0 saturated heterocycles. The molecule has 0 radical (unpaired) electrons. The largest absolute Gasteiger partial charge is 0.366 e. The Morgan fingerprint density at radius 3 is 2.50 bits per heavy atom. The Balaban J connectivity index is 2.49. The first-order chi connectivity index (χ1) is 14.1. The predicted octanol–water partition coefficient (Wildman–Crippen LogP) is 6.74. The van der Waals surface area contributed by atoms with Crippen LogP contribution in [-0.2, 0) is 16.3 Å². The van der Waals surface area contributed by atoms with E-state index in [4.69, 9.17) is 23.2 Å². The van der Waals surface area contributed by atoms with Crippen molar-refractivity contribution in [1.82, 2.24) is 4.90 Å². The Morgan fingerprint density at radius 1 is 1.20 bits per heavy atom. The quantitative estimate of drug-likeness (QED) is 0.316. The van der Waals surface area contributed by atoms with Gasteiger partial charge in [-0.3, -0.25) is 0 Å². The molecular weight excluding hydrogens is 444 g/mol. The fourth-order valence-electron chi connectivity index (χ4n) is 2.81. The summed E-state index contributed by atoms with van der Waals surface area (Å²) >= 11 is 12.3. The van der Waals surface area contributed by atoms with Gasteiger partial charge in [0.25, 0.3) is 0 Å². The number of aryl methyl sites for hydroxylation is 1. The van der Waals surface area contributed by atoms with Gasteiger partial charge in [0.2, 0.25) is 0 Å². The molecule has 0 N–H and O–H groups in total. The van der Waals surface area contributed by atoms with Crippen LogP contribution in [0.1, 0.15) is 31.9 Å². The fraction of sp³-hybridized carbons (Fsp3) is 0.409. The van der Waals surface area contributed by atoms with Gasteiger partial charge in [0.15, 0.2) is 0 Å². The summed E-state index contributed by atoms with van der Waals surface area (Å²) in [6, 6.07) is 7.95. The summed E-state index contributed by atoms with van der Waals surface area (Å²) < 4.78 is 31.9. The van der Waals surface area contributed by atoms with E-state index in [1.165, 1.54) is 12.1 Å². The SMILES string of the molecule is CCN(C)C=Nc1cc(C)c(S(=O)(CC(C)C)=NCc2ccc(F)c(Cl)c2)cc1Cl. The second-order valence-electron chi connectivity index (χ2n) is 7.62. The average Bonchev–Trinajstić information content (AvgIpc) is 2.68. The highest BCUT2D eigenvalue weighted by Gasteiger charge is 2.19. The van der Waals surface area contributed by atoms with E-state index in [1.54, 1.807) is 18.5 Å². The zero-order valence-corrected chi connectivity index (χ0v) is 20.3. The van der Waals surface area contributed by atoms with E-state index in [-0.39, 0.29) is 17.5 Å². The van der Waals surface area contributed by atoms with E-state index in [9.17, 15) is 8.60 Å². The third kappa shape index (κ3) is 6.43. The van der Waals surface area contributed by atoms with Gasteiger partial charge < -0.3 is 4.90 Å². The summed E-state index contributed by atoms with van der Waals surface area (Å²) in [6.07, 6.45) is 1.72. The van der Waals surface area contributed by atoms with E-state index < -0.39 is 15.5 Å². The van der Waals surface area contributed by atoms with Crippen molar-refractivity contribution in [2.24, 2.45) is 15.3 Å². The van der Waals surface area contributed by atoms with Gasteiger partial charge in [-0.2, -0.15) is 0 Å². The summed E-state index contributed by atoms with van der Waals surface area (Å²) in [5.41, 5.74) is 2.14. The minimum atomic E-state index is -2.75. The zero-order chi connectivity index (χ0) is 22.5. The summed E-state index contributed by atoms with van der Waals surface area (Å²) in [5.74, 6) is 0.0586. The number of nitrogens with zero attached hydrogens (tertiary/aromatic N) is 3. The van der Waals surface area contributed by atoms with Crippen LogP contribution >= 0.6 is 23.2 Å². The first kappa shape index (κ1) is 24.6. The maximum absolute atomic E-state index is 13.9. The standard InChI is InChI=1S/C22H28Cl2FN3OS/c1-6-28(5)14-26-21-9-16(4)22(11-19(21)24)30(29,13-15(2)3)27-12-17-7-8-20(25)18(23)10-17/h7-11,14-15H,6,12-13H2,1-5H3. The van der Waals surface area contributed by atoms with Gasteiger partial charge in [0.05, 0.1) is 43.2 Å². The lowest BCUT2D eigenvalue weighted by molar-refractivity contribution is 0.552. The lowest BCUT2D eigenvalue weighted by atomic mass is 10.2. The fourth-order valence-corrected chi connectivity index (χ4v) is 5.84. The van der Waals surface area contributed by atoms with Crippen LogP contribution in [0.3, 0.4) is 0 Å². The van der Waals surface area contributed by atoms with Crippen molar-refractivity contribution in [3.05, 3.63) is 57.3 Å². The van der Waals surface area contributed by atoms with E-state index >= 15 is 0 Å². The molecule has 1 unspecified atom stereocenters. The van der Waals surface area contributed by atoms with Crippen LogP contribution in [0.15, 0.2) is 44.6 Å². The second-order valence-corrected chi connectivity index (χ2v) is 10.8. The van der Waals surface area contributed by atoms with Gasteiger partial charge in [-0.1, -0.05) is 43.1 Å². The molecule has 2 aromatic carbocycles. The monoisotopic (exact) mass is 471 g/mol. The van der Waals surface area contributed by atoms with Gasteiger partial charge >= 0.3 is 0 Å². The molecule has 0 saturated carbocycles. The molecule has 30 heavy (non-hydrogen) atoms. The van der Waals surface area contributed by atoms with Crippen molar-refractivity contribution in [2.45, 2.75) is 39.1 Å². The van der Waals surface area contributed by atoms with E-state index in [0.717, 1.165) is 12.1 Å². The normalized spacial score (nSPS) is 13.6. The summed E-state index contributed by atoms with van der Waals surface area (Å²) in [5, 5.41) is 0.449. The van der Waals surface area contributed by atoms with Gasteiger partial charge in [-0.25, -0.2) is 18.0 Å². The molecule has 0 aliphatic rings. The molecular formula is C22H28Cl2FN3OS. The van der Waals surface area contributed by atoms with Crippen LogP contribution in [0.4, 0.5) is 10.1 Å². The highest BCUT2D eigenvalue weighted by molar-refractivity contribution is 7.93. The lowest BCUT2D eigenvalue weighted by Gasteiger charge is -2.17. The molecule has 164 valence electrons. The Bertz CT molecular complexity index is 1050. The van der Waals surface area contributed by atoms with Crippen molar-refractivity contribution < 1.29 is 8.60 Å². The summed E-state index contributed by atoms with van der Waals surface area (Å²) in [6.45, 7) is 8.91. The molecule has 4 nitrogen and oxygen atoms in total. The van der Waals surface area contributed by atoms with Crippen molar-refractivity contribution in [2.75, 3.05) is 19.3 Å². The van der Waals surface area contributed by atoms with Crippen molar-refractivity contribution in [3.63, 3.8) is 0 Å². The summed E-state index contributed by atoms with van der Waals surface area (Å²) in [7, 11) is -0.827. The highest BCUT2D eigenvalue weighted by atomic mass is 35.5. The topological polar surface area (TPSA) is 45.0 Å². The summed E-state index contributed by atoms with van der Waals surface area (Å²) in [4.78, 5) is 6.97. The second kappa shape index (κ2) is 10.6. The predicted molar refractivity (Wildman–Crippen MR) is 126 cm³/mol. The van der Waals surface area contributed by atoms with Gasteiger partial charge in [-0.05, 0) is 55.2 Å². The number of rotatable bonds is 8. The number of hydrogen-bond donors (Lipinski definition) is 0. The van der Waals surface area contributed by atoms with Crippen LogP contribution in [0.2, 0.25) is 10.0 Å². The average molecular weight is 472 g/mol. The molecule has 0 aliphatic heterocycles. The minimum absolute atomic E-state index is 0.0246. The van der Waals surface area contributed by atoms with E-state index in [2.05, 4.69) is 9.36 Å². The van der Waals surface area contributed by atoms with Gasteiger partial charge in [0.1, 0.15) is 5.82 Å². The van der Waals surface area contributed by atoms with Crippen molar-refractivity contribution in [3.8, 4) is 0 Å². The number of halogens is 3. The van der Waals surface area contributed by atoms with E-state index in [1.807, 2.05) is 45.7 Å². The molecule has 0 aromatic heterocycles. The maximum atomic E-state index is 13.9. The number of benzene rings is 2. The number of aliphatic imine (C=N–C) groups is 1. The maximum Gasteiger partial charge on any atom is 0.141 e. The Hall–Kier alpha value is -1.63. The molecule has 2 rings (SSSR count). The van der Waals surface area contributed by atoms with Crippen molar-refractivity contribution >= 4 is 45.0 Å². The van der Waals surface area contributed by atoms with Crippen LogP contribution in [-0.4, -0.2) is 34.8 Å². The molecule has 8 heteroatoms. The van der Waals surface area contributed by atoms with E-state index in [0.29, 0.717) is 26.9 Å². The molecule has 2 aromatic rings. The molecule has 0 fully saturated rings. The molecule has 0 aliphatic carbocycles. The molecule has 1 atom stereocenters. The number of hydrogen-bond acceptors (Lipinski definition) is 3. The Kier molecular flexibility index (Phi) is 8.71. The third-order valence-electron chi connectivity index (χ3n) is 4.48. The van der Waals surface area contributed by atoms with Crippen LogP contribution in [0.5, 0.6) is 0 Å². The first-order valence-electron chi connectivity index (χ1n) is 9.75. The Morgan fingerprint density at radius 2 is 1.90 bits per heavy atom.